The van der Waals surface area contributed by atoms with Crippen molar-refractivity contribution >= 4 is 22.5 Å². The van der Waals surface area contributed by atoms with E-state index in [0.717, 1.165) is 11.1 Å². The Morgan fingerprint density at radius 1 is 1.32 bits per heavy atom. The molecule has 4 rings (SSSR count). The standard InChI is InChI=1S/C20H20ClN3O4/c1-27-17-8-13(6-12-2-3-18(21)22-9-12)7-14-19(17)23-11-24(20(14)26)15-4-5-28-10-16(15)25/h2-3,7-9,11,15-16,25H,4-6,10H2,1H3. The van der Waals surface area contributed by atoms with E-state index >= 15 is 0 Å². The average molecular weight is 402 g/mol. The fourth-order valence-corrected chi connectivity index (χ4v) is 3.66. The molecule has 7 nitrogen and oxygen atoms in total. The molecule has 2 atom stereocenters. The van der Waals surface area contributed by atoms with Gasteiger partial charge in [-0.15, -0.1) is 0 Å². The van der Waals surface area contributed by atoms with Crippen molar-refractivity contribution in [3.63, 3.8) is 0 Å². The molecule has 8 heteroatoms. The highest BCUT2D eigenvalue weighted by atomic mass is 35.5. The van der Waals surface area contributed by atoms with Crippen LogP contribution < -0.4 is 10.3 Å². The molecule has 0 saturated carbocycles. The Labute approximate surface area is 166 Å². The largest absolute Gasteiger partial charge is 0.494 e. The fraction of sp³-hybridized carbons (Fsp3) is 0.350. The maximum Gasteiger partial charge on any atom is 0.261 e. The summed E-state index contributed by atoms with van der Waals surface area (Å²) in [6.45, 7) is 0.710. The number of nitrogens with zero attached hydrogens (tertiary/aromatic N) is 3. The van der Waals surface area contributed by atoms with Gasteiger partial charge < -0.3 is 14.6 Å². The Kier molecular flexibility index (Phi) is 5.30. The molecule has 28 heavy (non-hydrogen) atoms. The van der Waals surface area contributed by atoms with Gasteiger partial charge in [0, 0.05) is 12.8 Å². The lowest BCUT2D eigenvalue weighted by molar-refractivity contribution is -0.0395. The number of aromatic nitrogens is 3. The Morgan fingerprint density at radius 3 is 2.89 bits per heavy atom. The number of aliphatic hydroxyl groups excluding tert-OH is 1. The molecule has 0 amide bonds. The highest BCUT2D eigenvalue weighted by Gasteiger charge is 2.27. The van der Waals surface area contributed by atoms with Gasteiger partial charge in [0.2, 0.25) is 0 Å². The van der Waals surface area contributed by atoms with Crippen molar-refractivity contribution in [2.24, 2.45) is 0 Å². The number of hydrogen-bond acceptors (Lipinski definition) is 6. The first-order valence-corrected chi connectivity index (χ1v) is 9.38. The molecular weight excluding hydrogens is 382 g/mol. The molecule has 3 heterocycles. The van der Waals surface area contributed by atoms with Crippen molar-refractivity contribution in [1.29, 1.82) is 0 Å². The second-order valence-corrected chi connectivity index (χ2v) is 7.20. The van der Waals surface area contributed by atoms with Gasteiger partial charge in [-0.2, -0.15) is 0 Å². The van der Waals surface area contributed by atoms with E-state index in [-0.39, 0.29) is 18.2 Å². The number of pyridine rings is 1. The number of rotatable bonds is 4. The molecule has 1 saturated heterocycles. The van der Waals surface area contributed by atoms with Crippen LogP contribution in [0.4, 0.5) is 0 Å². The highest BCUT2D eigenvalue weighted by molar-refractivity contribution is 6.29. The Bertz CT molecular complexity index is 1050. The second-order valence-electron chi connectivity index (χ2n) is 6.82. The lowest BCUT2D eigenvalue weighted by Gasteiger charge is -2.29. The molecule has 2 aromatic heterocycles. The minimum absolute atomic E-state index is 0.203. The van der Waals surface area contributed by atoms with Crippen LogP contribution in [0.25, 0.3) is 10.9 Å². The zero-order valence-corrected chi connectivity index (χ0v) is 16.1. The van der Waals surface area contributed by atoms with E-state index in [1.165, 1.54) is 10.9 Å². The number of benzene rings is 1. The molecule has 0 radical (unpaired) electrons. The van der Waals surface area contributed by atoms with Crippen LogP contribution in [0.3, 0.4) is 0 Å². The van der Waals surface area contributed by atoms with Gasteiger partial charge in [-0.3, -0.25) is 9.36 Å². The molecular formula is C20H20ClN3O4. The van der Waals surface area contributed by atoms with Gasteiger partial charge in [-0.05, 0) is 42.2 Å². The molecule has 2 unspecified atom stereocenters. The number of hydrogen-bond donors (Lipinski definition) is 1. The van der Waals surface area contributed by atoms with Gasteiger partial charge in [0.1, 0.15) is 16.4 Å². The average Bonchev–Trinajstić information content (AvgIpc) is 2.70. The van der Waals surface area contributed by atoms with Crippen molar-refractivity contribution in [2.75, 3.05) is 20.3 Å². The summed E-state index contributed by atoms with van der Waals surface area (Å²) in [4.78, 5) is 21.7. The quantitative estimate of drug-likeness (QED) is 0.675. The molecule has 1 aromatic carbocycles. The minimum Gasteiger partial charge on any atom is -0.494 e. The summed E-state index contributed by atoms with van der Waals surface area (Å²) in [5.41, 5.74) is 2.17. The molecule has 1 N–H and O–H groups in total. The lowest BCUT2D eigenvalue weighted by Crippen LogP contribution is -2.39. The molecule has 1 aliphatic rings. The summed E-state index contributed by atoms with van der Waals surface area (Å²) in [5, 5.41) is 11.1. The van der Waals surface area contributed by atoms with Gasteiger partial charge in [-0.25, -0.2) is 9.97 Å². The van der Waals surface area contributed by atoms with Crippen molar-refractivity contribution in [3.05, 3.63) is 63.4 Å². The maximum absolute atomic E-state index is 13.2. The van der Waals surface area contributed by atoms with Crippen LogP contribution in [0, 0.1) is 0 Å². The number of methoxy groups -OCH3 is 1. The van der Waals surface area contributed by atoms with Gasteiger partial charge in [0.05, 0.1) is 37.6 Å². The predicted octanol–water partition coefficient (Wildman–Crippen LogP) is 2.37. The summed E-state index contributed by atoms with van der Waals surface area (Å²) < 4.78 is 12.2. The van der Waals surface area contributed by atoms with E-state index < -0.39 is 6.10 Å². The van der Waals surface area contributed by atoms with Gasteiger partial charge in [-0.1, -0.05) is 17.7 Å². The van der Waals surface area contributed by atoms with Crippen LogP contribution in [0.15, 0.2) is 41.6 Å². The van der Waals surface area contributed by atoms with Crippen molar-refractivity contribution in [2.45, 2.75) is 25.0 Å². The third kappa shape index (κ3) is 3.61. The van der Waals surface area contributed by atoms with E-state index in [2.05, 4.69) is 9.97 Å². The first-order chi connectivity index (χ1) is 13.6. The summed E-state index contributed by atoms with van der Waals surface area (Å²) in [5.74, 6) is 0.534. The molecule has 0 aliphatic carbocycles. The monoisotopic (exact) mass is 401 g/mol. The van der Waals surface area contributed by atoms with Crippen LogP contribution in [0.2, 0.25) is 5.15 Å². The lowest BCUT2D eigenvalue weighted by atomic mass is 10.0. The Morgan fingerprint density at radius 2 is 2.18 bits per heavy atom. The Hall–Kier alpha value is -2.48. The normalized spacial score (nSPS) is 19.7. The predicted molar refractivity (Wildman–Crippen MR) is 105 cm³/mol. The highest BCUT2D eigenvalue weighted by Crippen LogP contribution is 2.27. The number of fused-ring (bicyclic) bond motifs is 1. The maximum atomic E-state index is 13.2. The van der Waals surface area contributed by atoms with Gasteiger partial charge >= 0.3 is 0 Å². The molecule has 1 fully saturated rings. The van der Waals surface area contributed by atoms with E-state index in [0.29, 0.717) is 41.3 Å². The number of ether oxygens (including phenoxy) is 2. The van der Waals surface area contributed by atoms with Crippen molar-refractivity contribution in [3.8, 4) is 5.75 Å². The third-order valence-electron chi connectivity index (χ3n) is 4.98. The van der Waals surface area contributed by atoms with E-state index in [1.54, 1.807) is 19.4 Å². The number of aliphatic hydroxyl groups is 1. The molecule has 146 valence electrons. The zero-order chi connectivity index (χ0) is 19.7. The smallest absolute Gasteiger partial charge is 0.261 e. The summed E-state index contributed by atoms with van der Waals surface area (Å²) in [6.07, 6.45) is 3.58. The van der Waals surface area contributed by atoms with E-state index in [4.69, 9.17) is 21.1 Å². The topological polar surface area (TPSA) is 86.5 Å². The van der Waals surface area contributed by atoms with Crippen LogP contribution in [-0.4, -0.2) is 46.1 Å². The van der Waals surface area contributed by atoms with Crippen LogP contribution >= 0.6 is 11.6 Å². The summed E-state index contributed by atoms with van der Waals surface area (Å²) in [7, 11) is 1.55. The van der Waals surface area contributed by atoms with E-state index in [9.17, 15) is 9.90 Å². The Balaban J connectivity index is 1.79. The first kappa shape index (κ1) is 18.9. The SMILES string of the molecule is COc1cc(Cc2ccc(Cl)nc2)cc2c(=O)n(C3CCOCC3O)cnc12. The number of halogens is 1. The van der Waals surface area contributed by atoms with E-state index in [1.807, 2.05) is 18.2 Å². The third-order valence-corrected chi connectivity index (χ3v) is 5.20. The van der Waals surface area contributed by atoms with Crippen molar-refractivity contribution < 1.29 is 14.6 Å². The second kappa shape index (κ2) is 7.87. The summed E-state index contributed by atoms with van der Waals surface area (Å²) >= 11 is 5.85. The van der Waals surface area contributed by atoms with Crippen LogP contribution in [0.1, 0.15) is 23.6 Å². The van der Waals surface area contributed by atoms with Crippen molar-refractivity contribution in [1.82, 2.24) is 14.5 Å². The van der Waals surface area contributed by atoms with Gasteiger partial charge in [0.25, 0.3) is 5.56 Å². The first-order valence-electron chi connectivity index (χ1n) is 9.01. The zero-order valence-electron chi connectivity index (χ0n) is 15.3. The van der Waals surface area contributed by atoms with Crippen LogP contribution in [0.5, 0.6) is 5.75 Å². The molecule has 0 bridgehead atoms. The molecule has 3 aromatic rings. The molecule has 1 aliphatic heterocycles. The summed E-state index contributed by atoms with van der Waals surface area (Å²) in [6, 6.07) is 6.97. The molecule has 0 spiro atoms. The van der Waals surface area contributed by atoms with Gasteiger partial charge in [0.15, 0.2) is 0 Å². The fourth-order valence-electron chi connectivity index (χ4n) is 3.55. The van der Waals surface area contributed by atoms with Crippen LogP contribution in [-0.2, 0) is 11.2 Å². The minimum atomic E-state index is -0.740.